The lowest BCUT2D eigenvalue weighted by molar-refractivity contribution is -0.148. The molecule has 1 fully saturated rings. The molecule has 1 N–H and O–H groups in total. The number of carbonyl (C=O) groups is 3. The second kappa shape index (κ2) is 7.89. The zero-order chi connectivity index (χ0) is 20.5. The van der Waals surface area contributed by atoms with Gasteiger partial charge in [0.25, 0.3) is 5.91 Å². The standard InChI is InChI=1S/C21H30N4O3/c1-14(2)22-18(27)13-24(16-9-5-6-10-16)20(28)21(4)12-17(26)23-19-15(3)8-7-11-25(19)21/h7-8,11,14,16H,5-6,9-10,12-13H2,1-4H3,(H,22,27). The highest BCUT2D eigenvalue weighted by molar-refractivity contribution is 6.12. The molecule has 7 nitrogen and oxygen atoms in total. The van der Waals surface area contributed by atoms with Gasteiger partial charge in [-0.3, -0.25) is 14.4 Å². The Kier molecular flexibility index (Phi) is 5.72. The van der Waals surface area contributed by atoms with Crippen LogP contribution in [0.2, 0.25) is 0 Å². The number of rotatable bonds is 5. The number of amides is 3. The predicted octanol–water partition coefficient (Wildman–Crippen LogP) is 2.15. The normalized spacial score (nSPS) is 24.8. The van der Waals surface area contributed by atoms with Crippen molar-refractivity contribution in [1.29, 1.82) is 0 Å². The maximum atomic E-state index is 13.8. The van der Waals surface area contributed by atoms with Gasteiger partial charge in [0.05, 0.1) is 13.0 Å². The molecule has 0 saturated heterocycles. The van der Waals surface area contributed by atoms with E-state index in [0.717, 1.165) is 31.3 Å². The fourth-order valence-electron chi connectivity index (χ4n) is 4.28. The molecule has 0 bridgehead atoms. The minimum absolute atomic E-state index is 0.00196. The van der Waals surface area contributed by atoms with Crippen molar-refractivity contribution in [2.45, 2.75) is 77.4 Å². The molecule has 0 aromatic rings. The van der Waals surface area contributed by atoms with Crippen LogP contribution in [-0.2, 0) is 14.4 Å². The van der Waals surface area contributed by atoms with E-state index in [4.69, 9.17) is 0 Å². The van der Waals surface area contributed by atoms with Gasteiger partial charge < -0.3 is 15.1 Å². The number of aliphatic imine (C=N–C) groups is 1. The zero-order valence-corrected chi connectivity index (χ0v) is 17.2. The van der Waals surface area contributed by atoms with Crippen molar-refractivity contribution in [3.63, 3.8) is 0 Å². The van der Waals surface area contributed by atoms with E-state index in [2.05, 4.69) is 10.3 Å². The monoisotopic (exact) mass is 386 g/mol. The van der Waals surface area contributed by atoms with Crippen molar-refractivity contribution in [2.75, 3.05) is 6.54 Å². The van der Waals surface area contributed by atoms with Crippen LogP contribution in [0, 0.1) is 0 Å². The molecule has 3 amide bonds. The van der Waals surface area contributed by atoms with Crippen LogP contribution in [0.5, 0.6) is 0 Å². The van der Waals surface area contributed by atoms with Crippen molar-refractivity contribution < 1.29 is 14.4 Å². The maximum Gasteiger partial charge on any atom is 0.250 e. The van der Waals surface area contributed by atoms with Crippen molar-refractivity contribution in [2.24, 2.45) is 4.99 Å². The van der Waals surface area contributed by atoms with Gasteiger partial charge in [0, 0.05) is 18.3 Å². The van der Waals surface area contributed by atoms with E-state index < -0.39 is 5.54 Å². The third kappa shape index (κ3) is 3.88. The topological polar surface area (TPSA) is 82.1 Å². The number of hydrogen-bond acceptors (Lipinski definition) is 4. The molecule has 1 unspecified atom stereocenters. The number of fused-ring (bicyclic) bond motifs is 1. The Balaban J connectivity index is 1.91. The van der Waals surface area contributed by atoms with Crippen LogP contribution in [0.15, 0.2) is 28.9 Å². The molecular formula is C21H30N4O3. The molecule has 0 spiro atoms. The average molecular weight is 386 g/mol. The summed E-state index contributed by atoms with van der Waals surface area (Å²) < 4.78 is 0. The number of hydrogen-bond donors (Lipinski definition) is 1. The van der Waals surface area contributed by atoms with E-state index in [1.807, 2.05) is 32.9 Å². The number of carbonyl (C=O) groups excluding carboxylic acids is 3. The van der Waals surface area contributed by atoms with Gasteiger partial charge >= 0.3 is 0 Å². The lowest BCUT2D eigenvalue weighted by atomic mass is 9.88. The number of nitrogens with zero attached hydrogens (tertiary/aromatic N) is 3. The molecule has 3 aliphatic rings. The van der Waals surface area contributed by atoms with Crippen molar-refractivity contribution >= 4 is 23.6 Å². The van der Waals surface area contributed by atoms with Crippen LogP contribution >= 0.6 is 0 Å². The second-order valence-corrected chi connectivity index (χ2v) is 8.43. The van der Waals surface area contributed by atoms with Gasteiger partial charge in [0.15, 0.2) is 0 Å². The minimum Gasteiger partial charge on any atom is -0.352 e. The Morgan fingerprint density at radius 2 is 2.04 bits per heavy atom. The van der Waals surface area contributed by atoms with E-state index in [0.29, 0.717) is 5.84 Å². The molecule has 1 saturated carbocycles. The first kappa shape index (κ1) is 20.3. The number of nitrogens with one attached hydrogen (secondary N) is 1. The van der Waals surface area contributed by atoms with Crippen LogP contribution in [0.4, 0.5) is 0 Å². The van der Waals surface area contributed by atoms with E-state index in [9.17, 15) is 14.4 Å². The number of amidine groups is 1. The predicted molar refractivity (Wildman–Crippen MR) is 107 cm³/mol. The van der Waals surface area contributed by atoms with E-state index in [1.165, 1.54) is 0 Å². The molecule has 1 atom stereocenters. The van der Waals surface area contributed by atoms with Gasteiger partial charge in [0.1, 0.15) is 11.4 Å². The molecule has 1 aliphatic carbocycles. The van der Waals surface area contributed by atoms with Crippen molar-refractivity contribution in [1.82, 2.24) is 15.1 Å². The van der Waals surface area contributed by atoms with Gasteiger partial charge in [-0.25, -0.2) is 0 Å². The third-order valence-electron chi connectivity index (χ3n) is 5.67. The SMILES string of the molecule is CC1=CC=CN2C1=NC(=O)CC2(C)C(=O)N(CC(=O)NC(C)C)C1CCCC1. The number of allylic oxidation sites excluding steroid dienone is 2. The smallest absolute Gasteiger partial charge is 0.250 e. The van der Waals surface area contributed by atoms with E-state index >= 15 is 0 Å². The van der Waals surface area contributed by atoms with Crippen LogP contribution in [0.1, 0.15) is 59.8 Å². The summed E-state index contributed by atoms with van der Waals surface area (Å²) in [5.41, 5.74) is -0.236. The summed E-state index contributed by atoms with van der Waals surface area (Å²) in [6.45, 7) is 7.48. The molecule has 0 aromatic heterocycles. The quantitative estimate of drug-likeness (QED) is 0.785. The highest BCUT2D eigenvalue weighted by Gasteiger charge is 2.49. The molecule has 0 radical (unpaired) electrons. The molecule has 152 valence electrons. The first-order valence-corrected chi connectivity index (χ1v) is 10.1. The van der Waals surface area contributed by atoms with Crippen LogP contribution in [0.25, 0.3) is 0 Å². The summed E-state index contributed by atoms with van der Waals surface area (Å²) in [4.78, 5) is 46.3. The van der Waals surface area contributed by atoms with Crippen LogP contribution < -0.4 is 5.32 Å². The van der Waals surface area contributed by atoms with Gasteiger partial charge in [-0.15, -0.1) is 0 Å². The molecule has 2 heterocycles. The molecule has 28 heavy (non-hydrogen) atoms. The first-order chi connectivity index (χ1) is 13.2. The zero-order valence-electron chi connectivity index (χ0n) is 17.2. The Morgan fingerprint density at radius 1 is 1.36 bits per heavy atom. The van der Waals surface area contributed by atoms with Crippen molar-refractivity contribution in [3.05, 3.63) is 23.9 Å². The fourth-order valence-corrected chi connectivity index (χ4v) is 4.28. The molecule has 3 rings (SSSR count). The fraction of sp³-hybridized carbons (Fsp3) is 0.619. The molecule has 2 aliphatic heterocycles. The van der Waals surface area contributed by atoms with Gasteiger partial charge in [0.2, 0.25) is 11.8 Å². The first-order valence-electron chi connectivity index (χ1n) is 10.1. The Hall–Kier alpha value is -2.44. The summed E-state index contributed by atoms with van der Waals surface area (Å²) in [5.74, 6) is -0.130. The summed E-state index contributed by atoms with van der Waals surface area (Å²) in [7, 11) is 0. The minimum atomic E-state index is -1.08. The van der Waals surface area contributed by atoms with E-state index in [-0.39, 0.29) is 42.8 Å². The summed E-state index contributed by atoms with van der Waals surface area (Å²) in [5, 5.41) is 2.88. The van der Waals surface area contributed by atoms with E-state index in [1.54, 1.807) is 22.9 Å². The van der Waals surface area contributed by atoms with Gasteiger partial charge in [-0.05, 0) is 52.2 Å². The lowest BCUT2D eigenvalue weighted by Gasteiger charge is -2.46. The largest absolute Gasteiger partial charge is 0.352 e. The highest BCUT2D eigenvalue weighted by atomic mass is 16.2. The summed E-state index contributed by atoms with van der Waals surface area (Å²) >= 11 is 0. The molecule has 0 aromatic carbocycles. The average Bonchev–Trinajstić information content (AvgIpc) is 3.14. The Labute approximate surface area is 166 Å². The Morgan fingerprint density at radius 3 is 2.68 bits per heavy atom. The molecular weight excluding hydrogens is 356 g/mol. The summed E-state index contributed by atoms with van der Waals surface area (Å²) in [6, 6.07) is 0.0430. The van der Waals surface area contributed by atoms with Crippen molar-refractivity contribution in [3.8, 4) is 0 Å². The van der Waals surface area contributed by atoms with Crippen LogP contribution in [0.3, 0.4) is 0 Å². The lowest BCUT2D eigenvalue weighted by Crippen LogP contribution is -2.63. The Bertz CT molecular complexity index is 762. The van der Waals surface area contributed by atoms with Gasteiger partial charge in [-0.1, -0.05) is 18.9 Å². The van der Waals surface area contributed by atoms with Gasteiger partial charge in [-0.2, -0.15) is 4.99 Å². The van der Waals surface area contributed by atoms with Crippen LogP contribution in [-0.4, -0.2) is 57.5 Å². The summed E-state index contributed by atoms with van der Waals surface area (Å²) in [6.07, 6.45) is 9.42. The molecule has 7 heteroatoms. The highest BCUT2D eigenvalue weighted by Crippen LogP contribution is 2.34. The second-order valence-electron chi connectivity index (χ2n) is 8.43. The maximum absolute atomic E-state index is 13.8. The third-order valence-corrected chi connectivity index (χ3v) is 5.67.